The fourth-order valence-corrected chi connectivity index (χ4v) is 4.03. The Morgan fingerprint density at radius 1 is 1.33 bits per heavy atom. The molecule has 1 amide bonds. The van der Waals surface area contributed by atoms with Crippen LogP contribution in [0.2, 0.25) is 0 Å². The second-order valence-corrected chi connectivity index (χ2v) is 7.04. The lowest BCUT2D eigenvalue weighted by molar-refractivity contribution is 0.100. The number of amides is 1. The number of nitrogens with zero attached hydrogens (tertiary/aromatic N) is 1. The van der Waals surface area contributed by atoms with E-state index < -0.39 is 5.91 Å². The van der Waals surface area contributed by atoms with Gasteiger partial charge >= 0.3 is 0 Å². The fourth-order valence-electron chi connectivity index (χ4n) is 3.01. The van der Waals surface area contributed by atoms with Crippen LogP contribution in [0.4, 0.5) is 11.4 Å². The zero-order valence-electron chi connectivity index (χ0n) is 13.5. The summed E-state index contributed by atoms with van der Waals surface area (Å²) in [5.41, 5.74) is 24.5. The largest absolute Gasteiger partial charge is 0.491 e. The first kappa shape index (κ1) is 16.8. The van der Waals surface area contributed by atoms with Crippen LogP contribution in [0.1, 0.15) is 22.5 Å². The number of nitrogens with two attached hydrogens (primary N) is 4. The first-order valence-corrected chi connectivity index (χ1v) is 8.82. The number of nitrogen functional groups attached to an aromatic ring is 1. The molecule has 0 bridgehead atoms. The van der Waals surface area contributed by atoms with Crippen molar-refractivity contribution >= 4 is 38.7 Å². The van der Waals surface area contributed by atoms with Gasteiger partial charge in [0.25, 0.3) is 5.91 Å². The van der Waals surface area contributed by atoms with Gasteiger partial charge in [-0.15, -0.1) is 11.3 Å². The molecule has 0 spiro atoms. The molecule has 1 aliphatic rings. The Bertz CT molecular complexity index is 752. The van der Waals surface area contributed by atoms with E-state index in [2.05, 4.69) is 4.90 Å². The van der Waals surface area contributed by atoms with Crippen LogP contribution >= 0.6 is 11.3 Å². The lowest BCUT2D eigenvalue weighted by Gasteiger charge is -2.32. The van der Waals surface area contributed by atoms with Crippen molar-refractivity contribution in [3.05, 3.63) is 17.0 Å². The van der Waals surface area contributed by atoms with Crippen LogP contribution in [0, 0.1) is 0 Å². The van der Waals surface area contributed by atoms with Gasteiger partial charge in [-0.25, -0.2) is 0 Å². The van der Waals surface area contributed by atoms with Crippen molar-refractivity contribution in [1.29, 1.82) is 0 Å². The van der Waals surface area contributed by atoms with Crippen molar-refractivity contribution in [3.63, 3.8) is 0 Å². The number of fused-ring (bicyclic) bond motifs is 1. The van der Waals surface area contributed by atoms with Gasteiger partial charge in [0, 0.05) is 42.1 Å². The number of thiophene rings is 1. The van der Waals surface area contributed by atoms with Gasteiger partial charge < -0.3 is 32.6 Å². The quantitative estimate of drug-likeness (QED) is 0.632. The van der Waals surface area contributed by atoms with Gasteiger partial charge in [-0.05, 0) is 18.9 Å². The molecule has 8 N–H and O–H groups in total. The molecule has 8 heteroatoms. The minimum Gasteiger partial charge on any atom is -0.491 e. The topological polar surface area (TPSA) is 134 Å². The summed E-state index contributed by atoms with van der Waals surface area (Å²) >= 11 is 1.30. The lowest BCUT2D eigenvalue weighted by Crippen LogP contribution is -2.39. The van der Waals surface area contributed by atoms with E-state index in [1.807, 2.05) is 12.1 Å². The number of carbonyl (C=O) groups is 1. The molecule has 0 saturated carbocycles. The number of ether oxygens (including phenoxy) is 1. The summed E-state index contributed by atoms with van der Waals surface area (Å²) in [5, 5.41) is 0.736. The van der Waals surface area contributed by atoms with E-state index >= 15 is 0 Å². The van der Waals surface area contributed by atoms with Crippen molar-refractivity contribution in [2.45, 2.75) is 18.9 Å². The molecular formula is C16H23N5O2S. The van der Waals surface area contributed by atoms with Gasteiger partial charge in [0.15, 0.2) is 0 Å². The van der Waals surface area contributed by atoms with Crippen molar-refractivity contribution in [1.82, 2.24) is 0 Å². The molecule has 130 valence electrons. The van der Waals surface area contributed by atoms with Crippen LogP contribution in [0.25, 0.3) is 10.1 Å². The van der Waals surface area contributed by atoms with Gasteiger partial charge in [-0.2, -0.15) is 0 Å². The molecule has 0 atom stereocenters. The maximum absolute atomic E-state index is 11.6. The Labute approximate surface area is 144 Å². The number of benzene rings is 1. The number of carbonyl (C=O) groups excluding carboxylic acids is 1. The Morgan fingerprint density at radius 3 is 2.67 bits per heavy atom. The summed E-state index contributed by atoms with van der Waals surface area (Å²) in [7, 11) is 0. The Balaban J connectivity index is 2.06. The van der Waals surface area contributed by atoms with Crippen molar-refractivity contribution in [3.8, 4) is 5.75 Å². The summed E-state index contributed by atoms with van der Waals surface area (Å²) in [6, 6.07) is 4.26. The maximum atomic E-state index is 11.6. The zero-order chi connectivity index (χ0) is 17.3. The highest BCUT2D eigenvalue weighted by Crippen LogP contribution is 2.42. The molecule has 24 heavy (non-hydrogen) atoms. The fraction of sp³-hybridized carbons (Fsp3) is 0.438. The molecule has 1 aromatic carbocycles. The van der Waals surface area contributed by atoms with E-state index in [0.717, 1.165) is 41.7 Å². The van der Waals surface area contributed by atoms with Crippen LogP contribution in [0.5, 0.6) is 5.75 Å². The smallest absolute Gasteiger partial charge is 0.260 e. The molecule has 1 fully saturated rings. The van der Waals surface area contributed by atoms with Crippen molar-refractivity contribution < 1.29 is 9.53 Å². The molecular weight excluding hydrogens is 326 g/mol. The van der Waals surface area contributed by atoms with Crippen LogP contribution < -0.4 is 32.6 Å². The van der Waals surface area contributed by atoms with Crippen molar-refractivity contribution in [2.75, 3.05) is 36.9 Å². The molecule has 1 aliphatic heterocycles. The summed E-state index contributed by atoms with van der Waals surface area (Å²) in [4.78, 5) is 14.2. The molecule has 0 unspecified atom stereocenters. The minimum atomic E-state index is -0.524. The van der Waals surface area contributed by atoms with Gasteiger partial charge in [0.05, 0.1) is 11.1 Å². The molecule has 1 saturated heterocycles. The Hall–Kier alpha value is -2.03. The van der Waals surface area contributed by atoms with Gasteiger partial charge in [0.1, 0.15) is 17.2 Å². The Morgan fingerprint density at radius 2 is 2.04 bits per heavy atom. The molecule has 7 nitrogen and oxygen atoms in total. The number of rotatable bonds is 5. The van der Waals surface area contributed by atoms with Gasteiger partial charge in [-0.1, -0.05) is 0 Å². The lowest BCUT2D eigenvalue weighted by atomic mass is 10.0. The summed E-state index contributed by atoms with van der Waals surface area (Å²) in [5.74, 6) is 0.119. The van der Waals surface area contributed by atoms with E-state index in [1.54, 1.807) is 0 Å². The summed E-state index contributed by atoms with van der Waals surface area (Å²) in [6.45, 7) is 2.57. The molecule has 0 aliphatic carbocycles. The monoisotopic (exact) mass is 349 g/mol. The van der Waals surface area contributed by atoms with Crippen LogP contribution in [-0.4, -0.2) is 38.2 Å². The number of primary amides is 1. The van der Waals surface area contributed by atoms with Crippen LogP contribution in [0.15, 0.2) is 12.1 Å². The second kappa shape index (κ2) is 6.84. The van der Waals surface area contributed by atoms with Gasteiger partial charge in [0.2, 0.25) is 0 Å². The number of hydrogen-bond acceptors (Lipinski definition) is 7. The van der Waals surface area contributed by atoms with E-state index in [9.17, 15) is 4.79 Å². The second-order valence-electron chi connectivity index (χ2n) is 5.99. The molecule has 2 aromatic rings. The van der Waals surface area contributed by atoms with Crippen LogP contribution in [-0.2, 0) is 0 Å². The average molecular weight is 349 g/mol. The summed E-state index contributed by atoms with van der Waals surface area (Å²) in [6.07, 6.45) is 1.91. The van der Waals surface area contributed by atoms with E-state index in [0.29, 0.717) is 29.5 Å². The number of hydrogen-bond donors (Lipinski definition) is 4. The number of anilines is 2. The van der Waals surface area contributed by atoms with E-state index in [1.165, 1.54) is 11.3 Å². The zero-order valence-corrected chi connectivity index (χ0v) is 14.3. The first-order valence-electron chi connectivity index (χ1n) is 8.00. The molecule has 0 radical (unpaired) electrons. The standard InChI is InChI=1S/C16H23N5O2S/c17-3-6-23-11-7-10(21-4-1-9(18)2-5-21)8-12-13(11)14(19)15(24-12)16(20)22/h7-9H,1-6,17-19H2,(H2,20,22). The predicted octanol–water partition coefficient (Wildman–Crippen LogP) is 0.847. The highest BCUT2D eigenvalue weighted by atomic mass is 32.1. The third kappa shape index (κ3) is 3.12. The normalized spacial score (nSPS) is 15.8. The van der Waals surface area contributed by atoms with E-state index in [4.69, 9.17) is 27.7 Å². The first-order chi connectivity index (χ1) is 11.5. The SMILES string of the molecule is NCCOc1cc(N2CCC(N)CC2)cc2sc(C(N)=O)c(N)c12. The van der Waals surface area contributed by atoms with Crippen molar-refractivity contribution in [2.24, 2.45) is 17.2 Å². The summed E-state index contributed by atoms with van der Waals surface area (Å²) < 4.78 is 6.68. The van der Waals surface area contributed by atoms with Gasteiger partial charge in [-0.3, -0.25) is 4.79 Å². The molecule has 2 heterocycles. The average Bonchev–Trinajstić information content (AvgIpc) is 2.90. The Kier molecular flexibility index (Phi) is 4.79. The third-order valence-corrected chi connectivity index (χ3v) is 5.45. The number of piperidine rings is 1. The van der Waals surface area contributed by atoms with Crippen LogP contribution in [0.3, 0.4) is 0 Å². The minimum absolute atomic E-state index is 0.261. The van der Waals surface area contributed by atoms with E-state index in [-0.39, 0.29) is 6.04 Å². The molecule has 1 aromatic heterocycles. The highest BCUT2D eigenvalue weighted by Gasteiger charge is 2.22. The maximum Gasteiger partial charge on any atom is 0.260 e. The predicted molar refractivity (Wildman–Crippen MR) is 98.7 cm³/mol. The molecule has 3 rings (SSSR count). The highest BCUT2D eigenvalue weighted by molar-refractivity contribution is 7.21. The third-order valence-electron chi connectivity index (χ3n) is 4.28.